The Bertz CT molecular complexity index is 342. The summed E-state index contributed by atoms with van der Waals surface area (Å²) in [4.78, 5) is 1.55. The Kier molecular flexibility index (Phi) is 4.98. The number of nitrogens with zero attached hydrogens (tertiary/aromatic N) is 2. The summed E-state index contributed by atoms with van der Waals surface area (Å²) >= 11 is 0.962. The molecule has 19 heavy (non-hydrogen) atoms. The first kappa shape index (κ1) is 14.9. The lowest BCUT2D eigenvalue weighted by atomic mass is 10.0. The Hall–Kier alpha value is -0.450. The standard InChI is InChI=1S/C10H17FN2O5S/c11-12-10(13-2-5(15)3-13)19-8-1-6(16)9(17)7(4-14)18-8/h5-9,14-17H,1-4H2/b12-10-/t6-,7-,8-,9+/m1/s1. The summed E-state index contributed by atoms with van der Waals surface area (Å²) in [6.07, 6.45) is -3.46. The van der Waals surface area contributed by atoms with Crippen molar-refractivity contribution in [2.24, 2.45) is 5.21 Å². The van der Waals surface area contributed by atoms with Crippen LogP contribution in [0, 0.1) is 0 Å². The van der Waals surface area contributed by atoms with Crippen LogP contribution in [0.1, 0.15) is 6.42 Å². The van der Waals surface area contributed by atoms with Gasteiger partial charge in [0, 0.05) is 19.5 Å². The molecule has 0 aromatic heterocycles. The number of aliphatic hydroxyl groups is 4. The van der Waals surface area contributed by atoms with Gasteiger partial charge >= 0.3 is 0 Å². The molecule has 7 nitrogen and oxygen atoms in total. The number of hydrogen-bond donors (Lipinski definition) is 4. The van der Waals surface area contributed by atoms with E-state index in [1.54, 1.807) is 4.90 Å². The molecular formula is C10H17FN2O5S. The van der Waals surface area contributed by atoms with Crippen molar-refractivity contribution in [1.82, 2.24) is 4.90 Å². The number of hydrogen-bond acceptors (Lipinski definition) is 7. The van der Waals surface area contributed by atoms with Gasteiger partial charge in [-0.3, -0.25) is 0 Å². The zero-order chi connectivity index (χ0) is 14.0. The molecule has 0 aromatic rings. The van der Waals surface area contributed by atoms with E-state index in [4.69, 9.17) is 14.9 Å². The van der Waals surface area contributed by atoms with Gasteiger partial charge in [-0.25, -0.2) is 0 Å². The van der Waals surface area contributed by atoms with Crippen molar-refractivity contribution >= 4 is 16.9 Å². The fraction of sp³-hybridized carbons (Fsp3) is 0.900. The molecule has 0 spiro atoms. The van der Waals surface area contributed by atoms with E-state index in [9.17, 15) is 14.7 Å². The van der Waals surface area contributed by atoms with Gasteiger partial charge in [0.2, 0.25) is 0 Å². The second-order valence-electron chi connectivity index (χ2n) is 4.62. The first-order valence-electron chi connectivity index (χ1n) is 5.96. The van der Waals surface area contributed by atoms with E-state index < -0.39 is 36.5 Å². The third kappa shape index (κ3) is 3.36. The van der Waals surface area contributed by atoms with E-state index in [1.807, 2.05) is 0 Å². The highest BCUT2D eigenvalue weighted by molar-refractivity contribution is 8.14. The molecule has 2 saturated heterocycles. The summed E-state index contributed by atoms with van der Waals surface area (Å²) in [7, 11) is 0. The van der Waals surface area contributed by atoms with Gasteiger partial charge in [-0.2, -0.15) is 0 Å². The fourth-order valence-corrected chi connectivity index (χ4v) is 3.08. The molecule has 4 N–H and O–H groups in total. The molecule has 4 atom stereocenters. The van der Waals surface area contributed by atoms with E-state index >= 15 is 0 Å². The van der Waals surface area contributed by atoms with Gasteiger partial charge in [-0.05, 0) is 0 Å². The topological polar surface area (TPSA) is 106 Å². The largest absolute Gasteiger partial charge is 0.394 e. The number of ether oxygens (including phenoxy) is 1. The maximum atomic E-state index is 12.6. The van der Waals surface area contributed by atoms with Crippen molar-refractivity contribution in [2.45, 2.75) is 36.3 Å². The van der Waals surface area contributed by atoms with Crippen molar-refractivity contribution in [2.75, 3.05) is 19.7 Å². The van der Waals surface area contributed by atoms with Crippen molar-refractivity contribution < 1.29 is 29.6 Å². The lowest BCUT2D eigenvalue weighted by Crippen LogP contribution is -2.54. The van der Waals surface area contributed by atoms with Gasteiger partial charge in [0.1, 0.15) is 17.6 Å². The Morgan fingerprint density at radius 2 is 2.05 bits per heavy atom. The predicted molar refractivity (Wildman–Crippen MR) is 66.1 cm³/mol. The first-order chi connectivity index (χ1) is 9.05. The highest BCUT2D eigenvalue weighted by Gasteiger charge is 2.38. The van der Waals surface area contributed by atoms with E-state index in [-0.39, 0.29) is 11.6 Å². The van der Waals surface area contributed by atoms with Crippen molar-refractivity contribution in [3.05, 3.63) is 0 Å². The first-order valence-corrected chi connectivity index (χ1v) is 6.84. The average Bonchev–Trinajstić information content (AvgIpc) is 2.36. The minimum absolute atomic E-state index is 0.0654. The third-order valence-electron chi connectivity index (χ3n) is 3.16. The molecule has 2 rings (SSSR count). The van der Waals surface area contributed by atoms with E-state index in [0.717, 1.165) is 11.8 Å². The minimum atomic E-state index is -1.15. The van der Waals surface area contributed by atoms with Gasteiger partial charge < -0.3 is 30.1 Å². The van der Waals surface area contributed by atoms with Crippen LogP contribution < -0.4 is 0 Å². The van der Waals surface area contributed by atoms with Crippen molar-refractivity contribution in [3.63, 3.8) is 0 Å². The molecule has 0 bridgehead atoms. The Labute approximate surface area is 113 Å². The lowest BCUT2D eigenvalue weighted by molar-refractivity contribution is -0.156. The molecule has 0 radical (unpaired) electrons. The van der Waals surface area contributed by atoms with Crippen LogP contribution in [0.4, 0.5) is 4.48 Å². The zero-order valence-corrected chi connectivity index (χ0v) is 10.9. The molecular weight excluding hydrogens is 279 g/mol. The number of amidine groups is 1. The molecule has 0 unspecified atom stereocenters. The smallest absolute Gasteiger partial charge is 0.198 e. The van der Waals surface area contributed by atoms with Crippen molar-refractivity contribution in [3.8, 4) is 0 Å². The SMILES string of the molecule is OC[C@H]1O[C@H](S/C(=N\F)N2CC(O)C2)C[C@@H](O)[C@@H]1O. The van der Waals surface area contributed by atoms with Crippen LogP contribution in [-0.2, 0) is 4.74 Å². The van der Waals surface area contributed by atoms with Gasteiger partial charge in [0.25, 0.3) is 0 Å². The monoisotopic (exact) mass is 296 g/mol. The summed E-state index contributed by atoms with van der Waals surface area (Å²) in [6.45, 7) is 0.175. The molecule has 0 aliphatic carbocycles. The highest BCUT2D eigenvalue weighted by Crippen LogP contribution is 2.30. The van der Waals surface area contributed by atoms with Crippen LogP contribution in [0.2, 0.25) is 0 Å². The molecule has 110 valence electrons. The van der Waals surface area contributed by atoms with Crippen molar-refractivity contribution in [1.29, 1.82) is 0 Å². The zero-order valence-electron chi connectivity index (χ0n) is 10.1. The second-order valence-corrected chi connectivity index (χ2v) is 5.75. The van der Waals surface area contributed by atoms with Crippen LogP contribution >= 0.6 is 11.8 Å². The lowest BCUT2D eigenvalue weighted by Gasteiger charge is -2.40. The maximum Gasteiger partial charge on any atom is 0.198 e. The van der Waals surface area contributed by atoms with Crippen LogP contribution in [0.25, 0.3) is 0 Å². The van der Waals surface area contributed by atoms with E-state index in [0.29, 0.717) is 13.1 Å². The number of likely N-dealkylation sites (tertiary alicyclic amines) is 1. The number of thioether (sulfide) groups is 1. The number of rotatable bonds is 2. The molecule has 0 aromatic carbocycles. The van der Waals surface area contributed by atoms with Crippen LogP contribution in [0.3, 0.4) is 0 Å². The summed E-state index contributed by atoms with van der Waals surface area (Å²) < 4.78 is 18.0. The summed E-state index contributed by atoms with van der Waals surface area (Å²) in [5.74, 6) is 0. The Morgan fingerprint density at radius 3 is 2.58 bits per heavy atom. The molecule has 2 fully saturated rings. The second kappa shape index (κ2) is 6.33. The molecule has 0 saturated carbocycles. The van der Waals surface area contributed by atoms with Crippen LogP contribution in [0.15, 0.2) is 5.21 Å². The Balaban J connectivity index is 1.91. The summed E-state index contributed by atoms with van der Waals surface area (Å²) in [5.41, 5.74) is -0.609. The third-order valence-corrected chi connectivity index (χ3v) is 4.26. The number of aliphatic hydroxyl groups excluding tert-OH is 4. The summed E-state index contributed by atoms with van der Waals surface area (Å²) in [6, 6.07) is 0. The normalized spacial score (nSPS) is 37.3. The van der Waals surface area contributed by atoms with E-state index in [1.165, 1.54) is 0 Å². The van der Waals surface area contributed by atoms with Gasteiger partial charge in [0.15, 0.2) is 5.17 Å². The average molecular weight is 296 g/mol. The minimum Gasteiger partial charge on any atom is -0.394 e. The number of halogens is 1. The number of β-amino-alcohol motifs (C(OH)–C–C–N with tert-alkyl or cyclic N) is 1. The van der Waals surface area contributed by atoms with Gasteiger partial charge in [-0.15, -0.1) is 0 Å². The molecule has 0 amide bonds. The fourth-order valence-electron chi connectivity index (χ4n) is 2.02. The Morgan fingerprint density at radius 1 is 1.37 bits per heavy atom. The van der Waals surface area contributed by atoms with Crippen LogP contribution in [-0.4, -0.2) is 80.0 Å². The van der Waals surface area contributed by atoms with Crippen LogP contribution in [0.5, 0.6) is 0 Å². The maximum absolute atomic E-state index is 12.6. The molecule has 2 aliphatic heterocycles. The highest BCUT2D eigenvalue weighted by atomic mass is 32.2. The molecule has 2 aliphatic rings. The molecule has 2 heterocycles. The quantitative estimate of drug-likeness (QED) is 0.362. The predicted octanol–water partition coefficient (Wildman–Crippen LogP) is -1.53. The molecule has 9 heteroatoms. The van der Waals surface area contributed by atoms with E-state index in [2.05, 4.69) is 5.21 Å². The van der Waals surface area contributed by atoms with Gasteiger partial charge in [-0.1, -0.05) is 21.5 Å². The summed E-state index contributed by atoms with van der Waals surface area (Å²) in [5, 5.41) is 40.1. The van der Waals surface area contributed by atoms with Gasteiger partial charge in [0.05, 0.1) is 18.8 Å².